The number of anilines is 1. The molecule has 0 saturated carbocycles. The number of phenols is 1. The fourth-order valence-corrected chi connectivity index (χ4v) is 3.58. The van der Waals surface area contributed by atoms with E-state index in [0.717, 1.165) is 0 Å². The molecule has 1 heterocycles. The molecule has 120 valence electrons. The van der Waals surface area contributed by atoms with Crippen LogP contribution in [0.3, 0.4) is 0 Å². The van der Waals surface area contributed by atoms with E-state index < -0.39 is 10.0 Å². The summed E-state index contributed by atoms with van der Waals surface area (Å²) in [6.07, 6.45) is 0.577. The minimum atomic E-state index is -3.65. The van der Waals surface area contributed by atoms with Gasteiger partial charge >= 0.3 is 0 Å². The highest BCUT2D eigenvalue weighted by Crippen LogP contribution is 2.25. The molecule has 23 heavy (non-hydrogen) atoms. The number of rotatable bonds is 5. The SMILES string of the molecule is O=C1Cc2cc(S(=O)(=O)NCCc3ccccc3O)ccc2N1. The summed E-state index contributed by atoms with van der Waals surface area (Å²) in [4.78, 5) is 11.5. The molecular weight excluding hydrogens is 316 g/mol. The van der Waals surface area contributed by atoms with Crippen LogP contribution in [0.15, 0.2) is 47.4 Å². The van der Waals surface area contributed by atoms with Crippen molar-refractivity contribution in [1.29, 1.82) is 0 Å². The molecule has 3 rings (SSSR count). The average Bonchev–Trinajstić information content (AvgIpc) is 2.88. The molecule has 0 fully saturated rings. The van der Waals surface area contributed by atoms with Crippen LogP contribution in [0.25, 0.3) is 0 Å². The Balaban J connectivity index is 1.69. The van der Waals surface area contributed by atoms with E-state index in [1.54, 1.807) is 30.3 Å². The van der Waals surface area contributed by atoms with Gasteiger partial charge in [-0.3, -0.25) is 4.79 Å². The van der Waals surface area contributed by atoms with Crippen LogP contribution < -0.4 is 10.0 Å². The lowest BCUT2D eigenvalue weighted by Gasteiger charge is -2.09. The summed E-state index contributed by atoms with van der Waals surface area (Å²) in [5, 5.41) is 12.3. The van der Waals surface area contributed by atoms with Crippen molar-refractivity contribution in [3.05, 3.63) is 53.6 Å². The molecule has 2 aromatic carbocycles. The number of para-hydroxylation sites is 1. The summed E-state index contributed by atoms with van der Waals surface area (Å²) < 4.78 is 27.1. The molecular formula is C16H16N2O4S. The highest BCUT2D eigenvalue weighted by molar-refractivity contribution is 7.89. The van der Waals surface area contributed by atoms with Crippen molar-refractivity contribution in [2.24, 2.45) is 0 Å². The van der Waals surface area contributed by atoms with Crippen LogP contribution in [0, 0.1) is 0 Å². The predicted molar refractivity (Wildman–Crippen MR) is 85.8 cm³/mol. The van der Waals surface area contributed by atoms with Crippen LogP contribution in [0.2, 0.25) is 0 Å². The number of carbonyl (C=O) groups is 1. The van der Waals surface area contributed by atoms with Crippen LogP contribution >= 0.6 is 0 Å². The Labute approximate surface area is 134 Å². The summed E-state index contributed by atoms with van der Waals surface area (Å²) in [5.41, 5.74) is 2.01. The van der Waals surface area contributed by atoms with E-state index in [-0.39, 0.29) is 29.5 Å². The van der Waals surface area contributed by atoms with E-state index in [1.165, 1.54) is 12.1 Å². The molecule has 6 nitrogen and oxygen atoms in total. The van der Waals surface area contributed by atoms with Gasteiger partial charge in [0, 0.05) is 12.2 Å². The number of aromatic hydroxyl groups is 1. The van der Waals surface area contributed by atoms with Gasteiger partial charge in [-0.1, -0.05) is 18.2 Å². The Hall–Kier alpha value is -2.38. The molecule has 2 aromatic rings. The summed E-state index contributed by atoms with van der Waals surface area (Å²) >= 11 is 0. The van der Waals surface area contributed by atoms with Gasteiger partial charge in [-0.05, 0) is 41.8 Å². The average molecular weight is 332 g/mol. The largest absolute Gasteiger partial charge is 0.508 e. The molecule has 3 N–H and O–H groups in total. The summed E-state index contributed by atoms with van der Waals surface area (Å²) in [5.74, 6) is 0.0101. The summed E-state index contributed by atoms with van der Waals surface area (Å²) in [7, 11) is -3.65. The lowest BCUT2D eigenvalue weighted by molar-refractivity contribution is -0.115. The van der Waals surface area contributed by atoms with Gasteiger partial charge in [-0.15, -0.1) is 0 Å². The first-order valence-electron chi connectivity index (χ1n) is 7.15. The van der Waals surface area contributed by atoms with Crippen molar-refractivity contribution < 1.29 is 18.3 Å². The standard InChI is InChI=1S/C16H16N2O4S/c19-15-4-2-1-3-11(15)7-8-17-23(21,22)13-5-6-14-12(9-13)10-16(20)18-14/h1-6,9,17,19H,7-8,10H2,(H,18,20). The summed E-state index contributed by atoms with van der Waals surface area (Å²) in [6.45, 7) is 0.175. The van der Waals surface area contributed by atoms with Crippen molar-refractivity contribution in [3.8, 4) is 5.75 Å². The molecule has 0 bridgehead atoms. The van der Waals surface area contributed by atoms with Gasteiger partial charge in [0.05, 0.1) is 11.3 Å². The smallest absolute Gasteiger partial charge is 0.240 e. The van der Waals surface area contributed by atoms with Gasteiger partial charge < -0.3 is 10.4 Å². The molecule has 0 saturated heterocycles. The van der Waals surface area contributed by atoms with Gasteiger partial charge in [0.2, 0.25) is 15.9 Å². The fraction of sp³-hybridized carbons (Fsp3) is 0.188. The zero-order valence-electron chi connectivity index (χ0n) is 12.2. The van der Waals surface area contributed by atoms with Crippen molar-refractivity contribution in [1.82, 2.24) is 4.72 Å². The maximum absolute atomic E-state index is 12.3. The van der Waals surface area contributed by atoms with Gasteiger partial charge in [-0.25, -0.2) is 13.1 Å². The van der Waals surface area contributed by atoms with Gasteiger partial charge in [-0.2, -0.15) is 0 Å². The van der Waals surface area contributed by atoms with E-state index in [2.05, 4.69) is 10.0 Å². The zero-order valence-corrected chi connectivity index (χ0v) is 13.1. The Morgan fingerprint density at radius 1 is 1.17 bits per heavy atom. The first kappa shape index (κ1) is 15.5. The molecule has 1 aliphatic rings. The molecule has 0 aromatic heterocycles. The van der Waals surface area contributed by atoms with Gasteiger partial charge in [0.15, 0.2) is 0 Å². The topological polar surface area (TPSA) is 95.5 Å². The fourth-order valence-electron chi connectivity index (χ4n) is 2.50. The monoisotopic (exact) mass is 332 g/mol. The number of hydrogen-bond acceptors (Lipinski definition) is 4. The molecule has 0 spiro atoms. The second-order valence-corrected chi connectivity index (χ2v) is 7.09. The van der Waals surface area contributed by atoms with Gasteiger partial charge in [0.25, 0.3) is 0 Å². The van der Waals surface area contributed by atoms with E-state index in [4.69, 9.17) is 0 Å². The number of hydrogen-bond donors (Lipinski definition) is 3. The van der Waals surface area contributed by atoms with E-state index in [0.29, 0.717) is 23.2 Å². The highest BCUT2D eigenvalue weighted by Gasteiger charge is 2.21. The summed E-state index contributed by atoms with van der Waals surface area (Å²) in [6, 6.07) is 11.4. The van der Waals surface area contributed by atoms with Crippen molar-refractivity contribution in [2.75, 3.05) is 11.9 Å². The Morgan fingerprint density at radius 2 is 1.96 bits per heavy atom. The lowest BCUT2D eigenvalue weighted by atomic mass is 10.1. The van der Waals surface area contributed by atoms with Crippen molar-refractivity contribution in [3.63, 3.8) is 0 Å². The zero-order chi connectivity index (χ0) is 16.4. The Morgan fingerprint density at radius 3 is 2.74 bits per heavy atom. The maximum atomic E-state index is 12.3. The minimum Gasteiger partial charge on any atom is -0.508 e. The van der Waals surface area contributed by atoms with Crippen LogP contribution in [0.4, 0.5) is 5.69 Å². The van der Waals surface area contributed by atoms with E-state index >= 15 is 0 Å². The molecule has 0 unspecified atom stereocenters. The number of fused-ring (bicyclic) bond motifs is 1. The first-order valence-corrected chi connectivity index (χ1v) is 8.63. The van der Waals surface area contributed by atoms with Crippen LogP contribution in [0.1, 0.15) is 11.1 Å². The van der Waals surface area contributed by atoms with Crippen molar-refractivity contribution >= 4 is 21.6 Å². The number of carbonyl (C=O) groups excluding carboxylic acids is 1. The second kappa shape index (κ2) is 6.02. The quantitative estimate of drug-likeness (QED) is 0.771. The Bertz CT molecular complexity index is 862. The van der Waals surface area contributed by atoms with Crippen LogP contribution in [0.5, 0.6) is 5.75 Å². The van der Waals surface area contributed by atoms with Gasteiger partial charge in [0.1, 0.15) is 5.75 Å². The first-order chi connectivity index (χ1) is 11.0. The van der Waals surface area contributed by atoms with E-state index in [9.17, 15) is 18.3 Å². The highest BCUT2D eigenvalue weighted by atomic mass is 32.2. The number of nitrogens with one attached hydrogen (secondary N) is 2. The molecule has 1 amide bonds. The second-order valence-electron chi connectivity index (χ2n) is 5.32. The number of amides is 1. The molecule has 1 aliphatic heterocycles. The molecule has 0 atom stereocenters. The lowest BCUT2D eigenvalue weighted by Crippen LogP contribution is -2.26. The number of benzene rings is 2. The third-order valence-corrected chi connectivity index (χ3v) is 5.15. The van der Waals surface area contributed by atoms with E-state index in [1.807, 2.05) is 0 Å². The normalized spacial score (nSPS) is 13.7. The third kappa shape index (κ3) is 3.35. The minimum absolute atomic E-state index is 0.130. The maximum Gasteiger partial charge on any atom is 0.240 e. The van der Waals surface area contributed by atoms with Crippen molar-refractivity contribution in [2.45, 2.75) is 17.7 Å². The number of phenolic OH excluding ortho intramolecular Hbond substituents is 1. The van der Waals surface area contributed by atoms with Crippen LogP contribution in [-0.4, -0.2) is 26.0 Å². The van der Waals surface area contributed by atoms with Crippen LogP contribution in [-0.2, 0) is 27.7 Å². The molecule has 0 radical (unpaired) electrons. The third-order valence-electron chi connectivity index (χ3n) is 3.69. The number of sulfonamides is 1. The Kier molecular flexibility index (Phi) is 4.06. The molecule has 0 aliphatic carbocycles. The predicted octanol–water partition coefficient (Wildman–Crippen LogP) is 1.41. The molecule has 7 heteroatoms.